The molecule has 0 aromatic rings. The minimum Gasteiger partial charge on any atom is -0.530 e. The van der Waals surface area contributed by atoms with Gasteiger partial charge in [-0.05, 0) is 11.8 Å². The van der Waals surface area contributed by atoms with Gasteiger partial charge in [-0.2, -0.15) is 0 Å². The molecule has 0 saturated carbocycles. The van der Waals surface area contributed by atoms with Crippen LogP contribution in [0.5, 0.6) is 0 Å². The first-order chi connectivity index (χ1) is 6.38. The van der Waals surface area contributed by atoms with Crippen LogP contribution in [-0.4, -0.2) is 36.8 Å². The van der Waals surface area contributed by atoms with E-state index in [0.717, 1.165) is 6.42 Å². The fraction of sp³-hybridized carbons (Fsp3) is 0.900. The molecule has 0 aromatic heterocycles. The lowest BCUT2D eigenvalue weighted by atomic mass is 9.84. The van der Waals surface area contributed by atoms with Crippen molar-refractivity contribution in [2.45, 2.75) is 39.3 Å². The molecule has 14 heavy (non-hydrogen) atoms. The molecular weight excluding hydrogens is 182 g/mol. The van der Waals surface area contributed by atoms with Crippen molar-refractivity contribution in [3.63, 3.8) is 0 Å². The first-order valence-corrected chi connectivity index (χ1v) is 4.88. The number of rotatable bonds is 1. The quantitative estimate of drug-likeness (QED) is 0.618. The van der Waals surface area contributed by atoms with E-state index >= 15 is 0 Å². The molecule has 1 fully saturated rings. The van der Waals surface area contributed by atoms with Gasteiger partial charge >= 0.3 is 0 Å². The Morgan fingerprint density at radius 1 is 1.50 bits per heavy atom. The molecule has 1 amide bonds. The van der Waals surface area contributed by atoms with Crippen LogP contribution in [0.2, 0.25) is 0 Å². The molecule has 1 aliphatic heterocycles. The van der Waals surface area contributed by atoms with Crippen molar-refractivity contribution in [3.8, 4) is 0 Å². The number of carboxylic acid groups (broad SMARTS) is 1. The summed E-state index contributed by atoms with van der Waals surface area (Å²) in [7, 11) is 1.63. The largest absolute Gasteiger partial charge is 0.530 e. The van der Waals surface area contributed by atoms with E-state index in [9.17, 15) is 9.90 Å². The minimum atomic E-state index is -1.09. The van der Waals surface area contributed by atoms with Crippen LogP contribution in [0.4, 0.5) is 4.79 Å². The number of hydrogen-bond donors (Lipinski definition) is 0. The number of methoxy groups -OCH3 is 1. The van der Waals surface area contributed by atoms with Crippen LogP contribution in [-0.2, 0) is 4.74 Å². The molecule has 4 heteroatoms. The van der Waals surface area contributed by atoms with E-state index in [4.69, 9.17) is 4.74 Å². The zero-order valence-corrected chi connectivity index (χ0v) is 9.24. The van der Waals surface area contributed by atoms with Crippen molar-refractivity contribution in [3.05, 3.63) is 0 Å². The number of likely N-dealkylation sites (tertiary alicyclic amines) is 1. The summed E-state index contributed by atoms with van der Waals surface area (Å²) >= 11 is 0. The van der Waals surface area contributed by atoms with E-state index in [2.05, 4.69) is 0 Å². The summed E-state index contributed by atoms with van der Waals surface area (Å²) in [5.74, 6) is 0. The number of carbonyl (C=O) groups excluding carboxylic acids is 1. The minimum absolute atomic E-state index is 0.00657. The monoisotopic (exact) mass is 200 g/mol. The third kappa shape index (κ3) is 2.00. The third-order valence-electron chi connectivity index (χ3n) is 2.77. The van der Waals surface area contributed by atoms with Gasteiger partial charge in [-0.25, -0.2) is 0 Å². The van der Waals surface area contributed by atoms with Gasteiger partial charge in [-0.3, -0.25) is 0 Å². The normalized spacial score (nSPS) is 28.1. The van der Waals surface area contributed by atoms with Crippen LogP contribution in [0.1, 0.15) is 27.2 Å². The molecule has 0 spiro atoms. The molecule has 0 aliphatic carbocycles. The van der Waals surface area contributed by atoms with Gasteiger partial charge in [0.15, 0.2) is 0 Å². The van der Waals surface area contributed by atoms with Crippen LogP contribution >= 0.6 is 0 Å². The zero-order valence-electron chi connectivity index (χ0n) is 9.24. The number of hydrogen-bond acceptors (Lipinski definition) is 3. The van der Waals surface area contributed by atoms with Crippen molar-refractivity contribution in [1.29, 1.82) is 0 Å². The smallest absolute Gasteiger partial charge is 0.137 e. The van der Waals surface area contributed by atoms with E-state index in [-0.39, 0.29) is 17.6 Å². The molecular formula is C10H18NO3-. The molecule has 1 rings (SSSR count). The maximum atomic E-state index is 10.9. The first kappa shape index (κ1) is 11.3. The average molecular weight is 200 g/mol. The van der Waals surface area contributed by atoms with E-state index in [0.29, 0.717) is 6.54 Å². The number of ether oxygens (including phenoxy) is 1. The Labute approximate surface area is 84.8 Å². The van der Waals surface area contributed by atoms with Crippen LogP contribution in [0, 0.1) is 5.41 Å². The van der Waals surface area contributed by atoms with Gasteiger partial charge in [0.25, 0.3) is 0 Å². The van der Waals surface area contributed by atoms with Crippen molar-refractivity contribution >= 4 is 6.09 Å². The number of nitrogens with zero attached hydrogens (tertiary/aromatic N) is 1. The Morgan fingerprint density at radius 2 is 2.07 bits per heavy atom. The standard InChI is InChI=1S/C10H19NO3/c1-10(2,3)8-7(14-4)5-6-11(8)9(12)13/h7-8H,5-6H2,1-4H3,(H,12,13)/p-1/t7-,8?/m1/s1. The Bertz CT molecular complexity index is 222. The molecule has 1 unspecified atom stereocenters. The Kier molecular flexibility index (Phi) is 3.04. The maximum Gasteiger partial charge on any atom is 0.137 e. The average Bonchev–Trinajstić information content (AvgIpc) is 2.45. The van der Waals surface area contributed by atoms with Crippen molar-refractivity contribution in [2.75, 3.05) is 13.7 Å². The van der Waals surface area contributed by atoms with Gasteiger partial charge in [0.05, 0.1) is 12.1 Å². The predicted octanol–water partition coefficient (Wildman–Crippen LogP) is 0.465. The summed E-state index contributed by atoms with van der Waals surface area (Å²) in [5, 5.41) is 10.9. The molecule has 1 saturated heterocycles. The highest BCUT2D eigenvalue weighted by Gasteiger charge is 2.41. The molecule has 0 aromatic carbocycles. The first-order valence-electron chi connectivity index (χ1n) is 4.88. The Balaban J connectivity index is 2.86. The van der Waals surface area contributed by atoms with E-state index in [1.54, 1.807) is 7.11 Å². The summed E-state index contributed by atoms with van der Waals surface area (Å²) in [6, 6.07) is -0.0995. The van der Waals surface area contributed by atoms with Gasteiger partial charge in [0, 0.05) is 13.7 Å². The SMILES string of the molecule is CO[C@@H]1CCN(C(=O)[O-])C1C(C)(C)C. The second-order valence-electron chi connectivity index (χ2n) is 4.83. The summed E-state index contributed by atoms with van der Waals surface area (Å²) in [4.78, 5) is 12.3. The van der Waals surface area contributed by atoms with Gasteiger partial charge in [0.1, 0.15) is 6.09 Å². The molecule has 82 valence electrons. The number of carbonyl (C=O) groups is 1. The highest BCUT2D eigenvalue weighted by Crippen LogP contribution is 2.33. The van der Waals surface area contributed by atoms with Crippen LogP contribution in [0.3, 0.4) is 0 Å². The van der Waals surface area contributed by atoms with Gasteiger partial charge in [-0.15, -0.1) is 0 Å². The summed E-state index contributed by atoms with van der Waals surface area (Å²) in [6.45, 7) is 6.57. The fourth-order valence-electron chi connectivity index (χ4n) is 2.24. The highest BCUT2D eigenvalue weighted by molar-refractivity contribution is 5.63. The summed E-state index contributed by atoms with van der Waals surface area (Å²) < 4.78 is 5.30. The van der Waals surface area contributed by atoms with E-state index in [1.165, 1.54) is 4.90 Å². The van der Waals surface area contributed by atoms with Crippen LogP contribution < -0.4 is 5.11 Å². The van der Waals surface area contributed by atoms with E-state index < -0.39 is 6.09 Å². The highest BCUT2D eigenvalue weighted by atomic mass is 16.5. The van der Waals surface area contributed by atoms with Crippen LogP contribution in [0.25, 0.3) is 0 Å². The zero-order chi connectivity index (χ0) is 10.9. The predicted molar refractivity (Wildman–Crippen MR) is 50.8 cm³/mol. The molecule has 4 nitrogen and oxygen atoms in total. The van der Waals surface area contributed by atoms with E-state index in [1.807, 2.05) is 20.8 Å². The van der Waals surface area contributed by atoms with Crippen molar-refractivity contribution in [2.24, 2.45) is 5.41 Å². The van der Waals surface area contributed by atoms with Gasteiger partial charge in [-0.1, -0.05) is 20.8 Å². The van der Waals surface area contributed by atoms with Crippen molar-refractivity contribution in [1.82, 2.24) is 4.90 Å². The Hall–Kier alpha value is -0.770. The molecule has 0 bridgehead atoms. The molecule has 1 aliphatic rings. The fourth-order valence-corrected chi connectivity index (χ4v) is 2.24. The maximum absolute atomic E-state index is 10.9. The van der Waals surface area contributed by atoms with Gasteiger partial charge < -0.3 is 19.5 Å². The Morgan fingerprint density at radius 3 is 2.43 bits per heavy atom. The van der Waals surface area contributed by atoms with Crippen LogP contribution in [0.15, 0.2) is 0 Å². The third-order valence-corrected chi connectivity index (χ3v) is 2.77. The lowest BCUT2D eigenvalue weighted by Gasteiger charge is -2.39. The topological polar surface area (TPSA) is 52.6 Å². The molecule has 2 atom stereocenters. The number of amides is 1. The molecule has 0 N–H and O–H groups in total. The second-order valence-corrected chi connectivity index (χ2v) is 4.83. The lowest BCUT2D eigenvalue weighted by molar-refractivity contribution is -0.269. The summed E-state index contributed by atoms with van der Waals surface area (Å²) in [6.07, 6.45) is -0.343. The molecule has 0 radical (unpaired) electrons. The molecule has 1 heterocycles. The van der Waals surface area contributed by atoms with Gasteiger partial charge in [0.2, 0.25) is 0 Å². The lowest BCUT2D eigenvalue weighted by Crippen LogP contribution is -2.52. The van der Waals surface area contributed by atoms with Crippen molar-refractivity contribution < 1.29 is 14.6 Å². The summed E-state index contributed by atoms with van der Waals surface area (Å²) in [5.41, 5.74) is -0.114. The second kappa shape index (κ2) is 3.77.